The van der Waals surface area contributed by atoms with Gasteiger partial charge in [0.2, 0.25) is 0 Å². The van der Waals surface area contributed by atoms with Crippen molar-refractivity contribution in [1.82, 2.24) is 9.80 Å². The van der Waals surface area contributed by atoms with Crippen LogP contribution in [0.3, 0.4) is 0 Å². The van der Waals surface area contributed by atoms with E-state index in [0.29, 0.717) is 5.75 Å². The summed E-state index contributed by atoms with van der Waals surface area (Å²) in [7, 11) is 2.18. The van der Waals surface area contributed by atoms with E-state index in [1.54, 1.807) is 12.1 Å². The Balaban J connectivity index is 1.91. The van der Waals surface area contributed by atoms with E-state index >= 15 is 0 Å². The molecular formula is C13H20N2O. The fourth-order valence-electron chi connectivity index (χ4n) is 2.12. The number of phenolic OH excluding ortho intramolecular Hbond substituents is 1. The van der Waals surface area contributed by atoms with E-state index in [0.717, 1.165) is 19.6 Å². The summed E-state index contributed by atoms with van der Waals surface area (Å²) in [6.45, 7) is 5.65. The smallest absolute Gasteiger partial charge is 0.115 e. The lowest BCUT2D eigenvalue weighted by atomic mass is 10.2. The molecule has 1 aliphatic heterocycles. The Morgan fingerprint density at radius 2 is 1.81 bits per heavy atom. The van der Waals surface area contributed by atoms with Crippen molar-refractivity contribution in [3.05, 3.63) is 29.8 Å². The first-order chi connectivity index (χ1) is 7.74. The van der Waals surface area contributed by atoms with Crippen LogP contribution in [0.1, 0.15) is 12.0 Å². The van der Waals surface area contributed by atoms with Crippen LogP contribution in [-0.2, 0) is 6.54 Å². The van der Waals surface area contributed by atoms with Crippen LogP contribution in [0.4, 0.5) is 0 Å². The molecule has 0 spiro atoms. The maximum Gasteiger partial charge on any atom is 0.115 e. The van der Waals surface area contributed by atoms with Gasteiger partial charge < -0.3 is 10.0 Å². The second kappa shape index (κ2) is 5.32. The molecule has 1 saturated heterocycles. The fraction of sp³-hybridized carbons (Fsp3) is 0.538. The average molecular weight is 220 g/mol. The summed E-state index contributed by atoms with van der Waals surface area (Å²) in [5.41, 5.74) is 1.28. The normalized spacial score (nSPS) is 19.6. The summed E-state index contributed by atoms with van der Waals surface area (Å²) in [4.78, 5) is 4.87. The number of rotatable bonds is 2. The van der Waals surface area contributed by atoms with Crippen molar-refractivity contribution >= 4 is 0 Å². The Hall–Kier alpha value is -1.06. The highest BCUT2D eigenvalue weighted by Gasteiger charge is 2.11. The maximum atomic E-state index is 9.22. The van der Waals surface area contributed by atoms with Gasteiger partial charge in [0, 0.05) is 19.6 Å². The molecule has 0 aliphatic carbocycles. The highest BCUT2D eigenvalue weighted by atomic mass is 16.3. The number of hydrogen-bond donors (Lipinski definition) is 1. The lowest BCUT2D eigenvalue weighted by Gasteiger charge is -2.20. The highest BCUT2D eigenvalue weighted by Crippen LogP contribution is 2.12. The van der Waals surface area contributed by atoms with Crippen molar-refractivity contribution in [1.29, 1.82) is 0 Å². The summed E-state index contributed by atoms with van der Waals surface area (Å²) >= 11 is 0. The van der Waals surface area contributed by atoms with Crippen LogP contribution in [0.2, 0.25) is 0 Å². The minimum Gasteiger partial charge on any atom is -0.508 e. The Kier molecular flexibility index (Phi) is 3.80. The Bertz CT molecular complexity index is 323. The fourth-order valence-corrected chi connectivity index (χ4v) is 2.12. The molecule has 1 aliphatic rings. The van der Waals surface area contributed by atoms with Crippen molar-refractivity contribution < 1.29 is 5.11 Å². The van der Waals surface area contributed by atoms with E-state index in [4.69, 9.17) is 0 Å². The summed E-state index contributed by atoms with van der Waals surface area (Å²) in [5, 5.41) is 9.22. The van der Waals surface area contributed by atoms with Gasteiger partial charge in [0.1, 0.15) is 5.75 Å². The predicted octanol–water partition coefficient (Wildman–Crippen LogP) is 1.53. The number of hydrogen-bond acceptors (Lipinski definition) is 3. The molecule has 3 heteroatoms. The Morgan fingerprint density at radius 1 is 1.06 bits per heavy atom. The molecule has 0 unspecified atom stereocenters. The maximum absolute atomic E-state index is 9.22. The molecule has 0 atom stereocenters. The highest BCUT2D eigenvalue weighted by molar-refractivity contribution is 5.25. The largest absolute Gasteiger partial charge is 0.508 e. The van der Waals surface area contributed by atoms with Crippen molar-refractivity contribution in [3.8, 4) is 5.75 Å². The molecule has 0 saturated carbocycles. The topological polar surface area (TPSA) is 26.7 Å². The lowest BCUT2D eigenvalue weighted by molar-refractivity contribution is 0.269. The first-order valence-electron chi connectivity index (χ1n) is 5.93. The minimum atomic E-state index is 0.347. The monoisotopic (exact) mass is 220 g/mol. The molecule has 0 bridgehead atoms. The first kappa shape index (κ1) is 11.4. The Labute approximate surface area is 97.3 Å². The minimum absolute atomic E-state index is 0.347. The van der Waals surface area contributed by atoms with Gasteiger partial charge in [-0.2, -0.15) is 0 Å². The van der Waals surface area contributed by atoms with Crippen LogP contribution in [0.5, 0.6) is 5.75 Å². The zero-order valence-electron chi connectivity index (χ0n) is 9.89. The van der Waals surface area contributed by atoms with Gasteiger partial charge in [-0.05, 0) is 44.3 Å². The molecule has 0 radical (unpaired) electrons. The van der Waals surface area contributed by atoms with Gasteiger partial charge >= 0.3 is 0 Å². The summed E-state index contributed by atoms with van der Waals surface area (Å²) in [6, 6.07) is 7.53. The number of aromatic hydroxyl groups is 1. The first-order valence-corrected chi connectivity index (χ1v) is 5.93. The molecule has 1 aromatic rings. The molecule has 0 aromatic heterocycles. The van der Waals surface area contributed by atoms with E-state index in [9.17, 15) is 5.11 Å². The Morgan fingerprint density at radius 3 is 2.56 bits per heavy atom. The zero-order valence-corrected chi connectivity index (χ0v) is 9.89. The summed E-state index contributed by atoms with van der Waals surface area (Å²) in [6.07, 6.45) is 1.24. The van der Waals surface area contributed by atoms with Gasteiger partial charge in [-0.1, -0.05) is 12.1 Å². The van der Waals surface area contributed by atoms with E-state index in [1.165, 1.54) is 25.1 Å². The van der Waals surface area contributed by atoms with Gasteiger partial charge in [-0.15, -0.1) is 0 Å². The van der Waals surface area contributed by atoms with Crippen LogP contribution in [0, 0.1) is 0 Å². The molecule has 16 heavy (non-hydrogen) atoms. The molecule has 1 aromatic carbocycles. The van der Waals surface area contributed by atoms with Crippen LogP contribution in [0.15, 0.2) is 24.3 Å². The molecule has 1 N–H and O–H groups in total. The van der Waals surface area contributed by atoms with Crippen LogP contribution in [0.25, 0.3) is 0 Å². The molecule has 0 amide bonds. The quantitative estimate of drug-likeness (QED) is 0.819. The summed E-state index contributed by atoms with van der Waals surface area (Å²) < 4.78 is 0. The van der Waals surface area contributed by atoms with Crippen LogP contribution < -0.4 is 0 Å². The summed E-state index contributed by atoms with van der Waals surface area (Å²) in [5.74, 6) is 0.347. The third-order valence-corrected chi connectivity index (χ3v) is 3.15. The van der Waals surface area contributed by atoms with Crippen molar-refractivity contribution in [2.24, 2.45) is 0 Å². The van der Waals surface area contributed by atoms with Gasteiger partial charge in [-0.3, -0.25) is 4.90 Å². The molecule has 2 rings (SSSR count). The number of nitrogens with zero attached hydrogens (tertiary/aromatic N) is 2. The van der Waals surface area contributed by atoms with Crippen LogP contribution in [-0.4, -0.2) is 48.1 Å². The van der Waals surface area contributed by atoms with Crippen molar-refractivity contribution in [2.45, 2.75) is 13.0 Å². The van der Waals surface area contributed by atoms with Crippen molar-refractivity contribution in [3.63, 3.8) is 0 Å². The number of phenols is 1. The standard InChI is InChI=1S/C13H20N2O/c1-14-7-2-8-15(10-9-14)11-12-3-5-13(16)6-4-12/h3-6,16H,2,7-11H2,1H3. The molecule has 1 fully saturated rings. The van der Waals surface area contributed by atoms with Gasteiger partial charge in [0.15, 0.2) is 0 Å². The van der Waals surface area contributed by atoms with E-state index in [2.05, 4.69) is 16.8 Å². The third kappa shape index (κ3) is 3.22. The van der Waals surface area contributed by atoms with E-state index < -0.39 is 0 Å². The van der Waals surface area contributed by atoms with Crippen LogP contribution >= 0.6 is 0 Å². The molecule has 3 nitrogen and oxygen atoms in total. The molecule has 88 valence electrons. The predicted molar refractivity (Wildman–Crippen MR) is 65.5 cm³/mol. The average Bonchev–Trinajstić information content (AvgIpc) is 2.47. The SMILES string of the molecule is CN1CCCN(Cc2ccc(O)cc2)CC1. The van der Waals surface area contributed by atoms with Gasteiger partial charge in [-0.25, -0.2) is 0 Å². The van der Waals surface area contributed by atoms with Crippen molar-refractivity contribution in [2.75, 3.05) is 33.2 Å². The van der Waals surface area contributed by atoms with Gasteiger partial charge in [0.25, 0.3) is 0 Å². The van der Waals surface area contributed by atoms with E-state index in [-0.39, 0.29) is 0 Å². The van der Waals surface area contributed by atoms with E-state index in [1.807, 2.05) is 12.1 Å². The molecular weight excluding hydrogens is 200 g/mol. The third-order valence-electron chi connectivity index (χ3n) is 3.15. The number of benzene rings is 1. The zero-order chi connectivity index (χ0) is 11.4. The second-order valence-corrected chi connectivity index (χ2v) is 4.60. The van der Waals surface area contributed by atoms with Gasteiger partial charge in [0.05, 0.1) is 0 Å². The number of likely N-dealkylation sites (N-methyl/N-ethyl adjacent to an activating group) is 1. The molecule has 1 heterocycles. The lowest BCUT2D eigenvalue weighted by Crippen LogP contribution is -2.28. The second-order valence-electron chi connectivity index (χ2n) is 4.60.